The number of ketones is 2. The van der Waals surface area contributed by atoms with Crippen LogP contribution in [-0.2, 0) is 14.3 Å². The van der Waals surface area contributed by atoms with Crippen molar-refractivity contribution in [1.82, 2.24) is 14.8 Å². The maximum absolute atomic E-state index is 13.4. The Morgan fingerprint density at radius 3 is 2.69 bits per heavy atom. The summed E-state index contributed by atoms with van der Waals surface area (Å²) in [5, 5.41) is 0. The fourth-order valence-electron chi connectivity index (χ4n) is 4.40. The van der Waals surface area contributed by atoms with E-state index in [-0.39, 0.29) is 5.78 Å². The lowest BCUT2D eigenvalue weighted by Crippen LogP contribution is -2.39. The van der Waals surface area contributed by atoms with Gasteiger partial charge in [0, 0.05) is 44.1 Å². The molecule has 4 rings (SSSR count). The molecule has 0 aliphatic carbocycles. The molecule has 0 saturated carbocycles. The van der Waals surface area contributed by atoms with Crippen LogP contribution in [0, 0.1) is 5.92 Å². The number of hydrogen-bond acceptors (Lipinski definition) is 7. The number of morpholine rings is 1. The normalized spacial score (nSPS) is 21.7. The van der Waals surface area contributed by atoms with Crippen molar-refractivity contribution in [2.24, 2.45) is 5.92 Å². The van der Waals surface area contributed by atoms with Crippen molar-refractivity contribution in [3.05, 3.63) is 59.9 Å². The number of likely N-dealkylation sites (tertiary alicyclic amines) is 1. The smallest absolute Gasteiger partial charge is 0.291 e. The van der Waals surface area contributed by atoms with Gasteiger partial charge in [0.15, 0.2) is 5.78 Å². The van der Waals surface area contributed by atoms with Gasteiger partial charge in [0.2, 0.25) is 5.78 Å². The number of Topliss-reactive ketones (excluding diaryl/α,β-unsaturated/α-hetero) is 2. The van der Waals surface area contributed by atoms with Gasteiger partial charge in [-0.1, -0.05) is 18.2 Å². The highest BCUT2D eigenvalue weighted by Gasteiger charge is 2.51. The second-order valence-electron chi connectivity index (χ2n) is 7.98. The summed E-state index contributed by atoms with van der Waals surface area (Å²) in [5.41, 5.74) is 1.03. The fraction of sp³-hybridized carbons (Fsp3) is 0.417. The van der Waals surface area contributed by atoms with Gasteiger partial charge in [-0.25, -0.2) is 0 Å². The third-order valence-electron chi connectivity index (χ3n) is 6.05. The Hall–Kier alpha value is -3.10. The molecule has 1 amide bonds. The summed E-state index contributed by atoms with van der Waals surface area (Å²) in [4.78, 5) is 47.4. The minimum atomic E-state index is -1.11. The lowest BCUT2D eigenvalue weighted by atomic mass is 9.87. The minimum absolute atomic E-state index is 0.347. The highest BCUT2D eigenvalue weighted by Crippen LogP contribution is 2.38. The molecule has 32 heavy (non-hydrogen) atoms. The molecule has 1 aromatic carbocycles. The van der Waals surface area contributed by atoms with Gasteiger partial charge in [0.25, 0.3) is 5.91 Å². The monoisotopic (exact) mass is 437 g/mol. The van der Waals surface area contributed by atoms with E-state index in [2.05, 4.69) is 9.88 Å². The Kier molecular flexibility index (Phi) is 6.92. The van der Waals surface area contributed by atoms with E-state index in [0.717, 1.165) is 19.6 Å². The van der Waals surface area contributed by atoms with Gasteiger partial charge < -0.3 is 14.4 Å². The van der Waals surface area contributed by atoms with Crippen LogP contribution >= 0.6 is 0 Å². The van der Waals surface area contributed by atoms with Crippen LogP contribution in [0.5, 0.6) is 5.75 Å². The van der Waals surface area contributed by atoms with Gasteiger partial charge in [-0.05, 0) is 30.2 Å². The Bertz CT molecular complexity index is 975. The Labute approximate surface area is 187 Å². The molecule has 0 N–H and O–H groups in total. The first-order valence-electron chi connectivity index (χ1n) is 10.8. The van der Waals surface area contributed by atoms with E-state index in [1.807, 2.05) is 6.07 Å². The number of amides is 1. The van der Waals surface area contributed by atoms with Crippen molar-refractivity contribution in [3.8, 4) is 5.75 Å². The molecule has 0 spiro atoms. The van der Waals surface area contributed by atoms with Gasteiger partial charge in [-0.3, -0.25) is 24.3 Å². The first-order chi connectivity index (χ1) is 15.6. The maximum atomic E-state index is 13.4. The third-order valence-corrected chi connectivity index (χ3v) is 6.05. The van der Waals surface area contributed by atoms with Crippen LogP contribution in [0.3, 0.4) is 0 Å². The molecular weight excluding hydrogens is 410 g/mol. The molecule has 2 atom stereocenters. The summed E-state index contributed by atoms with van der Waals surface area (Å²) in [5.74, 6) is -2.25. The predicted octanol–water partition coefficient (Wildman–Crippen LogP) is 1.76. The van der Waals surface area contributed by atoms with E-state index in [9.17, 15) is 14.4 Å². The summed E-state index contributed by atoms with van der Waals surface area (Å²) >= 11 is 0. The highest BCUT2D eigenvalue weighted by molar-refractivity contribution is 6.44. The van der Waals surface area contributed by atoms with E-state index in [0.29, 0.717) is 43.1 Å². The summed E-state index contributed by atoms with van der Waals surface area (Å²) in [7, 11) is 1.52. The number of pyridine rings is 1. The van der Waals surface area contributed by atoms with Crippen molar-refractivity contribution < 1.29 is 23.9 Å². The molecule has 2 fully saturated rings. The Morgan fingerprint density at radius 2 is 1.97 bits per heavy atom. The lowest BCUT2D eigenvalue weighted by Gasteiger charge is -2.30. The SMILES string of the molecule is COc1cccc(C(=O)C2C(=O)C(=O)N(CCCN3CCOCC3)C2c2cccnc2)c1. The van der Waals surface area contributed by atoms with Crippen LogP contribution in [-0.4, -0.2) is 78.8 Å². The van der Waals surface area contributed by atoms with Crippen molar-refractivity contribution in [2.45, 2.75) is 12.5 Å². The number of aromatic nitrogens is 1. The molecule has 2 aromatic rings. The van der Waals surface area contributed by atoms with Gasteiger partial charge in [-0.15, -0.1) is 0 Å². The van der Waals surface area contributed by atoms with Crippen LogP contribution in [0.2, 0.25) is 0 Å². The number of hydrogen-bond donors (Lipinski definition) is 0. The minimum Gasteiger partial charge on any atom is -0.497 e. The highest BCUT2D eigenvalue weighted by atomic mass is 16.5. The van der Waals surface area contributed by atoms with Gasteiger partial charge in [0.1, 0.15) is 11.7 Å². The van der Waals surface area contributed by atoms with E-state index < -0.39 is 23.7 Å². The zero-order chi connectivity index (χ0) is 22.5. The fourth-order valence-corrected chi connectivity index (χ4v) is 4.40. The van der Waals surface area contributed by atoms with Crippen LogP contribution in [0.15, 0.2) is 48.8 Å². The van der Waals surface area contributed by atoms with E-state index in [1.54, 1.807) is 47.6 Å². The van der Waals surface area contributed by atoms with E-state index in [1.165, 1.54) is 7.11 Å². The number of carbonyl (C=O) groups is 3. The first-order valence-corrected chi connectivity index (χ1v) is 10.8. The molecule has 168 valence electrons. The number of ether oxygens (including phenoxy) is 2. The molecule has 8 heteroatoms. The topological polar surface area (TPSA) is 89.0 Å². The second kappa shape index (κ2) is 10.0. The molecule has 1 aromatic heterocycles. The van der Waals surface area contributed by atoms with Gasteiger partial charge >= 0.3 is 0 Å². The average Bonchev–Trinajstić information content (AvgIpc) is 3.10. The lowest BCUT2D eigenvalue weighted by molar-refractivity contribution is -0.140. The summed E-state index contributed by atoms with van der Waals surface area (Å²) in [6, 6.07) is 9.56. The molecule has 0 radical (unpaired) electrons. The number of nitrogens with zero attached hydrogens (tertiary/aromatic N) is 3. The van der Waals surface area contributed by atoms with Crippen molar-refractivity contribution in [1.29, 1.82) is 0 Å². The van der Waals surface area contributed by atoms with E-state index in [4.69, 9.17) is 9.47 Å². The summed E-state index contributed by atoms with van der Waals surface area (Å²) in [6.45, 7) is 4.32. The molecule has 2 aliphatic heterocycles. The van der Waals surface area contributed by atoms with Crippen LogP contribution < -0.4 is 4.74 Å². The van der Waals surface area contributed by atoms with Crippen LogP contribution in [0.4, 0.5) is 0 Å². The number of methoxy groups -OCH3 is 1. The summed E-state index contributed by atoms with van der Waals surface area (Å²) < 4.78 is 10.6. The molecular formula is C24H27N3O5. The molecule has 8 nitrogen and oxygen atoms in total. The predicted molar refractivity (Wildman–Crippen MR) is 116 cm³/mol. The van der Waals surface area contributed by atoms with Crippen molar-refractivity contribution >= 4 is 17.5 Å². The molecule has 2 unspecified atom stereocenters. The van der Waals surface area contributed by atoms with Gasteiger partial charge in [-0.2, -0.15) is 0 Å². The Balaban J connectivity index is 1.59. The molecule has 0 bridgehead atoms. The maximum Gasteiger partial charge on any atom is 0.291 e. The van der Waals surface area contributed by atoms with Crippen molar-refractivity contribution in [3.63, 3.8) is 0 Å². The molecule has 3 heterocycles. The van der Waals surface area contributed by atoms with Crippen LogP contribution in [0.25, 0.3) is 0 Å². The van der Waals surface area contributed by atoms with Crippen LogP contribution in [0.1, 0.15) is 28.4 Å². The summed E-state index contributed by atoms with van der Waals surface area (Å²) in [6.07, 6.45) is 3.96. The average molecular weight is 437 g/mol. The number of rotatable bonds is 8. The largest absolute Gasteiger partial charge is 0.497 e. The molecule has 2 saturated heterocycles. The third kappa shape index (κ3) is 4.56. The zero-order valence-electron chi connectivity index (χ0n) is 18.1. The molecule has 2 aliphatic rings. The number of benzene rings is 1. The van der Waals surface area contributed by atoms with Crippen molar-refractivity contribution in [2.75, 3.05) is 46.5 Å². The first kappa shape index (κ1) is 22.1. The Morgan fingerprint density at radius 1 is 1.16 bits per heavy atom. The standard InChI is InChI=1S/C24H27N3O5/c1-31-19-7-2-5-17(15-19)22(28)20-21(18-6-3-8-25-16-18)27(24(30)23(20)29)10-4-9-26-11-13-32-14-12-26/h2-3,5-8,15-16,20-21H,4,9-14H2,1H3. The number of carbonyl (C=O) groups excluding carboxylic acids is 3. The van der Waals surface area contributed by atoms with Gasteiger partial charge in [0.05, 0.1) is 26.4 Å². The quantitative estimate of drug-likeness (QED) is 0.353. The second-order valence-corrected chi connectivity index (χ2v) is 7.98. The van der Waals surface area contributed by atoms with E-state index >= 15 is 0 Å². The zero-order valence-corrected chi connectivity index (χ0v) is 18.1.